The van der Waals surface area contributed by atoms with Gasteiger partial charge in [0, 0.05) is 18.7 Å². The van der Waals surface area contributed by atoms with E-state index in [-0.39, 0.29) is 17.8 Å². The fourth-order valence-corrected chi connectivity index (χ4v) is 3.21. The van der Waals surface area contributed by atoms with Crippen molar-refractivity contribution >= 4 is 16.7 Å². The van der Waals surface area contributed by atoms with Gasteiger partial charge < -0.3 is 10.6 Å². The van der Waals surface area contributed by atoms with Gasteiger partial charge in [-0.15, -0.1) is 0 Å². The van der Waals surface area contributed by atoms with Gasteiger partial charge in [0.15, 0.2) is 0 Å². The van der Waals surface area contributed by atoms with Crippen molar-refractivity contribution in [3.05, 3.63) is 83.7 Å². The van der Waals surface area contributed by atoms with Crippen LogP contribution in [0.2, 0.25) is 0 Å². The summed E-state index contributed by atoms with van der Waals surface area (Å²) in [7, 11) is 1.81. The molecule has 0 saturated heterocycles. The molecule has 0 radical (unpaired) electrons. The number of fused-ring (bicyclic) bond motifs is 1. The minimum Gasteiger partial charge on any atom is -0.338 e. The Labute approximate surface area is 153 Å². The molecule has 1 unspecified atom stereocenters. The van der Waals surface area contributed by atoms with E-state index in [4.69, 9.17) is 5.73 Å². The first-order valence-electron chi connectivity index (χ1n) is 8.79. The molecule has 0 fully saturated rings. The molecule has 3 aromatic rings. The second-order valence-corrected chi connectivity index (χ2v) is 6.54. The molecule has 26 heavy (non-hydrogen) atoms. The number of nitrogens with two attached hydrogens (primary N) is 1. The highest BCUT2D eigenvalue weighted by molar-refractivity contribution is 5.98. The highest BCUT2D eigenvalue weighted by atomic mass is 19.1. The third kappa shape index (κ3) is 4.09. The molecule has 134 valence electrons. The standard InChI is InChI=1S/C22H23FN2O/c1-25(21(12-13-24)14-16-6-10-20(23)11-7-16)22(26)19-9-8-17-4-2-3-5-18(17)15-19/h2-11,15,21H,12-14,24H2,1H3. The molecule has 3 nitrogen and oxygen atoms in total. The first kappa shape index (κ1) is 18.1. The van der Waals surface area contributed by atoms with Crippen LogP contribution in [0.5, 0.6) is 0 Å². The van der Waals surface area contributed by atoms with Crippen molar-refractivity contribution in [1.82, 2.24) is 4.90 Å². The third-order valence-corrected chi connectivity index (χ3v) is 4.75. The molecule has 1 amide bonds. The van der Waals surface area contributed by atoms with Crippen LogP contribution in [0, 0.1) is 5.82 Å². The number of hydrogen-bond acceptors (Lipinski definition) is 2. The third-order valence-electron chi connectivity index (χ3n) is 4.75. The molecule has 0 aliphatic rings. The summed E-state index contributed by atoms with van der Waals surface area (Å²) in [5.41, 5.74) is 7.41. The van der Waals surface area contributed by atoms with Gasteiger partial charge in [0.25, 0.3) is 5.91 Å². The lowest BCUT2D eigenvalue weighted by Gasteiger charge is -2.28. The average molecular weight is 350 g/mol. The molecule has 0 bridgehead atoms. The molecule has 0 aliphatic heterocycles. The number of rotatable bonds is 6. The topological polar surface area (TPSA) is 46.3 Å². The van der Waals surface area contributed by atoms with E-state index in [2.05, 4.69) is 0 Å². The Hall–Kier alpha value is -2.72. The van der Waals surface area contributed by atoms with Crippen LogP contribution in [0.15, 0.2) is 66.7 Å². The molecule has 0 aliphatic carbocycles. The van der Waals surface area contributed by atoms with Crippen molar-refractivity contribution in [2.24, 2.45) is 5.73 Å². The van der Waals surface area contributed by atoms with E-state index in [1.54, 1.807) is 24.1 Å². The highest BCUT2D eigenvalue weighted by Gasteiger charge is 2.21. The van der Waals surface area contributed by atoms with Crippen LogP contribution in [0.25, 0.3) is 10.8 Å². The first-order valence-corrected chi connectivity index (χ1v) is 8.79. The summed E-state index contributed by atoms with van der Waals surface area (Å²) in [4.78, 5) is 14.7. The summed E-state index contributed by atoms with van der Waals surface area (Å²) in [5, 5.41) is 2.15. The largest absolute Gasteiger partial charge is 0.338 e. The lowest BCUT2D eigenvalue weighted by atomic mass is 10.0. The smallest absolute Gasteiger partial charge is 0.253 e. The number of hydrogen-bond donors (Lipinski definition) is 1. The predicted molar refractivity (Wildman–Crippen MR) is 104 cm³/mol. The lowest BCUT2D eigenvalue weighted by Crippen LogP contribution is -2.39. The van der Waals surface area contributed by atoms with Gasteiger partial charge in [-0.25, -0.2) is 4.39 Å². The fourth-order valence-electron chi connectivity index (χ4n) is 3.21. The lowest BCUT2D eigenvalue weighted by molar-refractivity contribution is 0.0725. The maximum absolute atomic E-state index is 13.1. The van der Waals surface area contributed by atoms with Crippen molar-refractivity contribution < 1.29 is 9.18 Å². The van der Waals surface area contributed by atoms with Crippen LogP contribution < -0.4 is 5.73 Å². The maximum Gasteiger partial charge on any atom is 0.253 e. The van der Waals surface area contributed by atoms with Gasteiger partial charge in [0.05, 0.1) is 0 Å². The molecule has 3 rings (SSSR count). The number of benzene rings is 3. The van der Waals surface area contributed by atoms with E-state index in [0.717, 1.165) is 16.3 Å². The van der Waals surface area contributed by atoms with E-state index in [1.807, 2.05) is 42.5 Å². The number of halogens is 1. The fraction of sp³-hybridized carbons (Fsp3) is 0.227. The van der Waals surface area contributed by atoms with Gasteiger partial charge in [-0.1, -0.05) is 42.5 Å². The molecule has 4 heteroatoms. The molecule has 3 aromatic carbocycles. The Morgan fingerprint density at radius 1 is 1.04 bits per heavy atom. The van der Waals surface area contributed by atoms with Crippen molar-refractivity contribution in [3.63, 3.8) is 0 Å². The number of carbonyl (C=O) groups excluding carboxylic acids is 1. The monoisotopic (exact) mass is 350 g/mol. The van der Waals surface area contributed by atoms with Gasteiger partial charge in [0.1, 0.15) is 5.82 Å². The molecule has 0 heterocycles. The van der Waals surface area contributed by atoms with E-state index in [1.165, 1.54) is 12.1 Å². The summed E-state index contributed by atoms with van der Waals surface area (Å²) >= 11 is 0. The Morgan fingerprint density at radius 2 is 1.73 bits per heavy atom. The summed E-state index contributed by atoms with van der Waals surface area (Å²) in [6, 6.07) is 20.1. The molecular weight excluding hydrogens is 327 g/mol. The highest BCUT2D eigenvalue weighted by Crippen LogP contribution is 2.19. The summed E-state index contributed by atoms with van der Waals surface area (Å²) in [6.07, 6.45) is 1.33. The minimum absolute atomic E-state index is 0.0312. The Bertz CT molecular complexity index is 892. The second kappa shape index (κ2) is 8.11. The zero-order chi connectivity index (χ0) is 18.5. The Kier molecular flexibility index (Phi) is 5.64. The van der Waals surface area contributed by atoms with Crippen molar-refractivity contribution in [2.45, 2.75) is 18.9 Å². The SMILES string of the molecule is CN(C(=O)c1ccc2ccccc2c1)C(CCN)Cc1ccc(F)cc1. The summed E-state index contributed by atoms with van der Waals surface area (Å²) < 4.78 is 13.1. The zero-order valence-electron chi connectivity index (χ0n) is 14.9. The van der Waals surface area contributed by atoms with Gasteiger partial charge in [-0.3, -0.25) is 4.79 Å². The summed E-state index contributed by atoms with van der Waals surface area (Å²) in [5.74, 6) is -0.291. The molecule has 1 atom stereocenters. The van der Waals surface area contributed by atoms with Crippen LogP contribution in [-0.2, 0) is 6.42 Å². The number of amides is 1. The average Bonchev–Trinajstić information content (AvgIpc) is 2.67. The molecule has 0 spiro atoms. The van der Waals surface area contributed by atoms with Gasteiger partial charge in [-0.2, -0.15) is 0 Å². The number of likely N-dealkylation sites (N-methyl/N-ethyl adjacent to an activating group) is 1. The van der Waals surface area contributed by atoms with Crippen LogP contribution in [0.3, 0.4) is 0 Å². The van der Waals surface area contributed by atoms with Crippen LogP contribution in [0.4, 0.5) is 4.39 Å². The Morgan fingerprint density at radius 3 is 2.42 bits per heavy atom. The van der Waals surface area contributed by atoms with Crippen molar-refractivity contribution in [2.75, 3.05) is 13.6 Å². The van der Waals surface area contributed by atoms with Crippen molar-refractivity contribution in [3.8, 4) is 0 Å². The summed E-state index contributed by atoms with van der Waals surface area (Å²) in [6.45, 7) is 0.487. The van der Waals surface area contributed by atoms with Crippen LogP contribution >= 0.6 is 0 Å². The number of nitrogens with zero attached hydrogens (tertiary/aromatic N) is 1. The van der Waals surface area contributed by atoms with E-state index in [0.29, 0.717) is 24.9 Å². The second-order valence-electron chi connectivity index (χ2n) is 6.54. The van der Waals surface area contributed by atoms with E-state index in [9.17, 15) is 9.18 Å². The molecule has 0 saturated carbocycles. The first-order chi connectivity index (χ1) is 12.6. The zero-order valence-corrected chi connectivity index (χ0v) is 14.9. The van der Waals surface area contributed by atoms with Crippen molar-refractivity contribution in [1.29, 1.82) is 0 Å². The minimum atomic E-state index is -0.260. The quantitative estimate of drug-likeness (QED) is 0.730. The number of carbonyl (C=O) groups is 1. The molecule has 2 N–H and O–H groups in total. The Balaban J connectivity index is 1.81. The van der Waals surface area contributed by atoms with Gasteiger partial charge in [0.2, 0.25) is 0 Å². The molecular formula is C22H23FN2O. The van der Waals surface area contributed by atoms with E-state index >= 15 is 0 Å². The van der Waals surface area contributed by atoms with Crippen LogP contribution in [-0.4, -0.2) is 30.4 Å². The maximum atomic E-state index is 13.1. The predicted octanol–water partition coefficient (Wildman–Crippen LogP) is 4.01. The van der Waals surface area contributed by atoms with Crippen LogP contribution in [0.1, 0.15) is 22.3 Å². The molecule has 0 aromatic heterocycles. The van der Waals surface area contributed by atoms with Gasteiger partial charge >= 0.3 is 0 Å². The van der Waals surface area contributed by atoms with Gasteiger partial charge in [-0.05, 0) is 60.0 Å². The van der Waals surface area contributed by atoms with E-state index < -0.39 is 0 Å². The normalized spacial score (nSPS) is 12.1.